The first kappa shape index (κ1) is 14.6. The highest BCUT2D eigenvalue weighted by atomic mass is 16.5. The minimum Gasteiger partial charge on any atom is -0.497 e. The van der Waals surface area contributed by atoms with Crippen LogP contribution in [-0.2, 0) is 0 Å². The van der Waals surface area contributed by atoms with Gasteiger partial charge in [-0.2, -0.15) is 0 Å². The van der Waals surface area contributed by atoms with Crippen LogP contribution in [0.2, 0.25) is 0 Å². The fraction of sp³-hybridized carbons (Fsp3) is 0.286. The Kier molecular flexibility index (Phi) is 2.99. The Bertz CT molecular complexity index is 874. The number of amides is 1. The SMILES string of the molecule is COc1ccc(N2C(=O)c3ccccc3N[C@@]23C[C@H]2CC=C[C@@H]23)cc1. The van der Waals surface area contributed by atoms with Crippen molar-refractivity contribution in [3.05, 3.63) is 66.2 Å². The maximum Gasteiger partial charge on any atom is 0.262 e. The lowest BCUT2D eigenvalue weighted by atomic mass is 9.63. The van der Waals surface area contributed by atoms with Gasteiger partial charge in [0.05, 0.1) is 12.7 Å². The average Bonchev–Trinajstić information content (AvgIpc) is 3.04. The van der Waals surface area contributed by atoms with Crippen LogP contribution in [0.4, 0.5) is 11.4 Å². The van der Waals surface area contributed by atoms with Crippen molar-refractivity contribution in [2.45, 2.75) is 18.5 Å². The van der Waals surface area contributed by atoms with Crippen molar-refractivity contribution in [3.8, 4) is 5.75 Å². The fourth-order valence-electron chi connectivity index (χ4n) is 4.66. The van der Waals surface area contributed by atoms with Crippen LogP contribution in [0.5, 0.6) is 5.75 Å². The van der Waals surface area contributed by atoms with Crippen molar-refractivity contribution in [3.63, 3.8) is 0 Å². The summed E-state index contributed by atoms with van der Waals surface area (Å²) in [5, 5.41) is 3.71. The summed E-state index contributed by atoms with van der Waals surface area (Å²) in [7, 11) is 1.65. The lowest BCUT2D eigenvalue weighted by Crippen LogP contribution is -2.71. The molecule has 0 aromatic heterocycles. The molecule has 4 nitrogen and oxygen atoms in total. The van der Waals surface area contributed by atoms with Gasteiger partial charge in [-0.25, -0.2) is 0 Å². The van der Waals surface area contributed by atoms with Crippen LogP contribution in [-0.4, -0.2) is 18.7 Å². The van der Waals surface area contributed by atoms with Crippen molar-refractivity contribution < 1.29 is 9.53 Å². The van der Waals surface area contributed by atoms with Gasteiger partial charge in [-0.15, -0.1) is 0 Å². The average molecular weight is 332 g/mol. The summed E-state index contributed by atoms with van der Waals surface area (Å²) < 4.78 is 5.27. The largest absolute Gasteiger partial charge is 0.497 e. The molecule has 1 aliphatic heterocycles. The molecule has 2 aliphatic carbocycles. The van der Waals surface area contributed by atoms with E-state index in [0.29, 0.717) is 11.8 Å². The van der Waals surface area contributed by atoms with E-state index in [1.807, 2.05) is 53.4 Å². The van der Waals surface area contributed by atoms with Gasteiger partial charge in [0.1, 0.15) is 11.4 Å². The van der Waals surface area contributed by atoms with E-state index in [-0.39, 0.29) is 11.6 Å². The molecule has 126 valence electrons. The maximum atomic E-state index is 13.4. The summed E-state index contributed by atoms with van der Waals surface area (Å²) in [6, 6.07) is 15.6. The Hall–Kier alpha value is -2.75. The van der Waals surface area contributed by atoms with Crippen LogP contribution >= 0.6 is 0 Å². The molecule has 5 rings (SSSR count). The molecule has 0 radical (unpaired) electrons. The number of para-hydroxylation sites is 1. The number of fused-ring (bicyclic) bond motifs is 3. The number of carbonyl (C=O) groups excluding carboxylic acids is 1. The highest BCUT2D eigenvalue weighted by Crippen LogP contribution is 2.56. The highest BCUT2D eigenvalue weighted by Gasteiger charge is 2.61. The molecule has 1 amide bonds. The normalized spacial score (nSPS) is 29.0. The quantitative estimate of drug-likeness (QED) is 0.843. The predicted octanol–water partition coefficient (Wildman–Crippen LogP) is 4.06. The predicted molar refractivity (Wildman–Crippen MR) is 98.0 cm³/mol. The molecule has 1 saturated carbocycles. The number of allylic oxidation sites excluding steroid dienone is 1. The number of hydrogen-bond acceptors (Lipinski definition) is 3. The first-order chi connectivity index (χ1) is 12.2. The van der Waals surface area contributed by atoms with Crippen molar-refractivity contribution in [2.24, 2.45) is 11.8 Å². The summed E-state index contributed by atoms with van der Waals surface area (Å²) in [5.74, 6) is 1.85. The molecule has 1 heterocycles. The first-order valence-electron chi connectivity index (χ1n) is 8.75. The van der Waals surface area contributed by atoms with E-state index in [4.69, 9.17) is 4.74 Å². The smallest absolute Gasteiger partial charge is 0.262 e. The van der Waals surface area contributed by atoms with Gasteiger partial charge in [-0.1, -0.05) is 24.3 Å². The maximum absolute atomic E-state index is 13.4. The Morgan fingerprint density at radius 3 is 2.72 bits per heavy atom. The van der Waals surface area contributed by atoms with E-state index in [2.05, 4.69) is 17.5 Å². The third-order valence-corrected chi connectivity index (χ3v) is 5.86. The molecule has 1 fully saturated rings. The summed E-state index contributed by atoms with van der Waals surface area (Å²) >= 11 is 0. The van der Waals surface area contributed by atoms with Crippen LogP contribution in [0.1, 0.15) is 23.2 Å². The molecule has 2 aromatic carbocycles. The minimum atomic E-state index is -0.363. The highest BCUT2D eigenvalue weighted by molar-refractivity contribution is 6.13. The molecule has 1 N–H and O–H groups in total. The lowest BCUT2D eigenvalue weighted by Gasteiger charge is -2.60. The Balaban J connectivity index is 1.65. The van der Waals surface area contributed by atoms with Crippen LogP contribution in [0.3, 0.4) is 0 Å². The molecule has 4 heteroatoms. The molecule has 0 saturated heterocycles. The zero-order chi connectivity index (χ0) is 17.0. The van der Waals surface area contributed by atoms with Crippen molar-refractivity contribution in [1.82, 2.24) is 0 Å². The molecular formula is C21H20N2O2. The monoisotopic (exact) mass is 332 g/mol. The number of nitrogens with one attached hydrogen (secondary N) is 1. The third kappa shape index (κ3) is 1.91. The Labute approximate surface area is 147 Å². The Morgan fingerprint density at radius 1 is 1.16 bits per heavy atom. The van der Waals surface area contributed by atoms with Gasteiger partial charge < -0.3 is 10.1 Å². The zero-order valence-electron chi connectivity index (χ0n) is 14.1. The number of hydrogen-bond donors (Lipinski definition) is 1. The second kappa shape index (κ2) is 5.12. The van der Waals surface area contributed by atoms with E-state index in [9.17, 15) is 4.79 Å². The third-order valence-electron chi connectivity index (χ3n) is 5.86. The number of carbonyl (C=O) groups is 1. The number of methoxy groups -OCH3 is 1. The van der Waals surface area contributed by atoms with E-state index >= 15 is 0 Å². The van der Waals surface area contributed by atoms with Gasteiger partial charge in [0.15, 0.2) is 0 Å². The summed E-state index contributed by atoms with van der Waals surface area (Å²) in [4.78, 5) is 15.4. The van der Waals surface area contributed by atoms with Crippen molar-refractivity contribution in [1.29, 1.82) is 0 Å². The summed E-state index contributed by atoms with van der Waals surface area (Å²) in [6.45, 7) is 0. The van der Waals surface area contributed by atoms with Gasteiger partial charge in [0.25, 0.3) is 5.91 Å². The van der Waals surface area contributed by atoms with E-state index in [0.717, 1.165) is 35.5 Å². The summed E-state index contributed by atoms with van der Waals surface area (Å²) in [6.07, 6.45) is 6.61. The molecule has 3 aliphatic rings. The van der Waals surface area contributed by atoms with Gasteiger partial charge >= 0.3 is 0 Å². The van der Waals surface area contributed by atoms with Gasteiger partial charge in [0.2, 0.25) is 0 Å². The second-order valence-corrected chi connectivity index (χ2v) is 7.09. The van der Waals surface area contributed by atoms with Crippen LogP contribution < -0.4 is 15.0 Å². The molecule has 0 bridgehead atoms. The molecule has 2 aromatic rings. The van der Waals surface area contributed by atoms with Crippen LogP contribution in [0, 0.1) is 11.8 Å². The number of nitrogens with zero attached hydrogens (tertiary/aromatic N) is 1. The van der Waals surface area contributed by atoms with Gasteiger partial charge in [-0.3, -0.25) is 9.69 Å². The van der Waals surface area contributed by atoms with E-state index < -0.39 is 0 Å². The number of benzene rings is 2. The molecule has 1 spiro atoms. The molecule has 0 unspecified atom stereocenters. The number of anilines is 2. The molecule has 3 atom stereocenters. The lowest BCUT2D eigenvalue weighted by molar-refractivity contribution is 0.0725. The number of rotatable bonds is 2. The summed E-state index contributed by atoms with van der Waals surface area (Å²) in [5.41, 5.74) is 2.22. The minimum absolute atomic E-state index is 0.0678. The first-order valence-corrected chi connectivity index (χ1v) is 8.75. The van der Waals surface area contributed by atoms with Gasteiger partial charge in [0, 0.05) is 17.3 Å². The fourth-order valence-corrected chi connectivity index (χ4v) is 4.66. The van der Waals surface area contributed by atoms with E-state index in [1.54, 1.807) is 7.11 Å². The Morgan fingerprint density at radius 2 is 1.96 bits per heavy atom. The van der Waals surface area contributed by atoms with Crippen molar-refractivity contribution >= 4 is 17.3 Å². The van der Waals surface area contributed by atoms with E-state index in [1.165, 1.54) is 0 Å². The standard InChI is InChI=1S/C21H20N2O2/c1-25-16-11-9-15(10-12-16)23-20(24)17-6-2-3-8-19(17)22-21(23)13-14-5-4-7-18(14)21/h2-4,6-12,14,18,22H,5,13H2,1H3/t14-,18+,21+/m1/s1. The molecular weight excluding hydrogens is 312 g/mol. The second-order valence-electron chi connectivity index (χ2n) is 7.09. The zero-order valence-corrected chi connectivity index (χ0v) is 14.1. The van der Waals surface area contributed by atoms with Crippen molar-refractivity contribution in [2.75, 3.05) is 17.3 Å². The van der Waals surface area contributed by atoms with Gasteiger partial charge in [-0.05, 0) is 55.2 Å². The molecule has 25 heavy (non-hydrogen) atoms. The number of ether oxygens (including phenoxy) is 1. The topological polar surface area (TPSA) is 41.6 Å². The van der Waals surface area contributed by atoms with Crippen LogP contribution in [0.25, 0.3) is 0 Å². The van der Waals surface area contributed by atoms with Crippen LogP contribution in [0.15, 0.2) is 60.7 Å².